The highest BCUT2D eigenvalue weighted by molar-refractivity contribution is 5.96. The van der Waals surface area contributed by atoms with Gasteiger partial charge in [-0.3, -0.25) is 14.4 Å². The lowest BCUT2D eigenvalue weighted by Crippen LogP contribution is -2.55. The van der Waals surface area contributed by atoms with Crippen LogP contribution < -0.4 is 5.32 Å². The van der Waals surface area contributed by atoms with Crippen molar-refractivity contribution in [3.63, 3.8) is 0 Å². The number of hydrogen-bond donors (Lipinski definition) is 2. The van der Waals surface area contributed by atoms with E-state index in [4.69, 9.17) is 5.11 Å². The number of carbonyl (C=O) groups is 3. The summed E-state index contributed by atoms with van der Waals surface area (Å²) in [5, 5.41) is 11.0. The number of halogens is 1. The van der Waals surface area contributed by atoms with Crippen molar-refractivity contribution >= 4 is 17.8 Å². The van der Waals surface area contributed by atoms with Crippen molar-refractivity contribution in [3.8, 4) is 0 Å². The van der Waals surface area contributed by atoms with Gasteiger partial charge in [-0.2, -0.15) is 0 Å². The molecule has 2 rings (SSSR count). The molecule has 1 aliphatic rings. The largest absolute Gasteiger partial charge is 0.481 e. The molecule has 0 aromatic heterocycles. The van der Waals surface area contributed by atoms with Crippen molar-refractivity contribution in [1.82, 2.24) is 10.2 Å². The Kier molecular flexibility index (Phi) is 3.97. The molecular formula is C13H13FN2O4. The highest BCUT2D eigenvalue weighted by Crippen LogP contribution is 2.15. The molecule has 2 amide bonds. The van der Waals surface area contributed by atoms with Gasteiger partial charge in [-0.15, -0.1) is 0 Å². The van der Waals surface area contributed by atoms with Crippen LogP contribution in [0.3, 0.4) is 0 Å². The lowest BCUT2D eigenvalue weighted by atomic mass is 10.0. The first-order chi connectivity index (χ1) is 9.49. The summed E-state index contributed by atoms with van der Waals surface area (Å²) in [5.41, 5.74) is -0.132. The molecule has 0 spiro atoms. The lowest BCUT2D eigenvalue weighted by Gasteiger charge is -2.36. The number of carboxylic acid groups (broad SMARTS) is 1. The lowest BCUT2D eigenvalue weighted by molar-refractivity contribution is -0.152. The summed E-state index contributed by atoms with van der Waals surface area (Å²) in [4.78, 5) is 35.2. The number of carbonyl (C=O) groups excluding carboxylic acids is 2. The highest BCUT2D eigenvalue weighted by atomic mass is 19.1. The van der Waals surface area contributed by atoms with E-state index in [9.17, 15) is 18.8 Å². The van der Waals surface area contributed by atoms with Crippen molar-refractivity contribution in [3.05, 3.63) is 35.6 Å². The van der Waals surface area contributed by atoms with Gasteiger partial charge in [0.15, 0.2) is 0 Å². The zero-order chi connectivity index (χ0) is 14.7. The Labute approximate surface area is 114 Å². The maximum Gasteiger partial charge on any atom is 0.310 e. The van der Waals surface area contributed by atoms with Crippen LogP contribution in [0.25, 0.3) is 0 Å². The third kappa shape index (κ3) is 2.93. The van der Waals surface area contributed by atoms with E-state index in [0.717, 1.165) is 6.07 Å². The molecule has 1 aromatic rings. The maximum absolute atomic E-state index is 13.3. The average Bonchev–Trinajstić information content (AvgIpc) is 2.34. The SMILES string of the molecule is O=C(NCC(=O)N1CC(C(=O)O)C1)c1ccccc1F. The van der Waals surface area contributed by atoms with Crippen LogP contribution in [0.4, 0.5) is 4.39 Å². The third-order valence-electron chi connectivity index (χ3n) is 3.10. The summed E-state index contributed by atoms with van der Waals surface area (Å²) < 4.78 is 13.3. The van der Waals surface area contributed by atoms with Gasteiger partial charge in [-0.05, 0) is 12.1 Å². The second-order valence-corrected chi connectivity index (χ2v) is 4.50. The number of likely N-dealkylation sites (tertiary alicyclic amines) is 1. The standard InChI is InChI=1S/C13H13FN2O4/c14-10-4-2-1-3-9(10)12(18)15-5-11(17)16-6-8(7-16)13(19)20/h1-4,8H,5-7H2,(H,15,18)(H,19,20). The number of hydrogen-bond acceptors (Lipinski definition) is 3. The quantitative estimate of drug-likeness (QED) is 0.819. The van der Waals surface area contributed by atoms with E-state index in [1.165, 1.54) is 23.1 Å². The second-order valence-electron chi connectivity index (χ2n) is 4.50. The van der Waals surface area contributed by atoms with Crippen molar-refractivity contribution in [2.75, 3.05) is 19.6 Å². The number of carboxylic acids is 1. The van der Waals surface area contributed by atoms with Crippen LogP contribution in [0.2, 0.25) is 0 Å². The average molecular weight is 280 g/mol. The second kappa shape index (κ2) is 5.68. The molecule has 0 aliphatic carbocycles. The van der Waals surface area contributed by atoms with E-state index < -0.39 is 23.6 Å². The number of nitrogens with zero attached hydrogens (tertiary/aromatic N) is 1. The van der Waals surface area contributed by atoms with Gasteiger partial charge < -0.3 is 15.3 Å². The van der Waals surface area contributed by atoms with Gasteiger partial charge in [0.1, 0.15) is 5.82 Å². The zero-order valence-corrected chi connectivity index (χ0v) is 10.5. The summed E-state index contributed by atoms with van der Waals surface area (Å²) in [6.07, 6.45) is 0. The van der Waals surface area contributed by atoms with E-state index in [-0.39, 0.29) is 31.1 Å². The maximum atomic E-state index is 13.3. The Bertz CT molecular complexity index is 555. The molecule has 0 saturated carbocycles. The van der Waals surface area contributed by atoms with Crippen LogP contribution >= 0.6 is 0 Å². The summed E-state index contributed by atoms with van der Waals surface area (Å²) in [7, 11) is 0. The Balaban J connectivity index is 1.81. The van der Waals surface area contributed by atoms with Gasteiger partial charge in [0, 0.05) is 13.1 Å². The van der Waals surface area contributed by atoms with E-state index >= 15 is 0 Å². The number of amides is 2. The van der Waals surface area contributed by atoms with Gasteiger partial charge in [-0.25, -0.2) is 4.39 Å². The van der Waals surface area contributed by atoms with Gasteiger partial charge in [0.2, 0.25) is 5.91 Å². The highest BCUT2D eigenvalue weighted by Gasteiger charge is 2.35. The predicted molar refractivity (Wildman–Crippen MR) is 66.4 cm³/mol. The van der Waals surface area contributed by atoms with E-state index in [1.807, 2.05) is 0 Å². The van der Waals surface area contributed by atoms with Gasteiger partial charge >= 0.3 is 5.97 Å². The van der Waals surface area contributed by atoms with Gasteiger partial charge in [0.25, 0.3) is 5.91 Å². The molecule has 1 aliphatic heterocycles. The zero-order valence-electron chi connectivity index (χ0n) is 10.5. The normalized spacial score (nSPS) is 14.6. The van der Waals surface area contributed by atoms with Gasteiger partial charge in [-0.1, -0.05) is 12.1 Å². The van der Waals surface area contributed by atoms with Crippen LogP contribution in [0, 0.1) is 11.7 Å². The topological polar surface area (TPSA) is 86.7 Å². The van der Waals surface area contributed by atoms with E-state index in [2.05, 4.69) is 5.32 Å². The summed E-state index contributed by atoms with van der Waals surface area (Å²) in [6.45, 7) is 0.00692. The number of rotatable bonds is 4. The molecule has 2 N–H and O–H groups in total. The molecule has 0 bridgehead atoms. The predicted octanol–water partition coefficient (Wildman–Crippen LogP) is 0.0985. The monoisotopic (exact) mass is 280 g/mol. The third-order valence-corrected chi connectivity index (χ3v) is 3.10. The van der Waals surface area contributed by atoms with E-state index in [1.54, 1.807) is 0 Å². The minimum absolute atomic E-state index is 0.132. The fraction of sp³-hybridized carbons (Fsp3) is 0.308. The molecule has 106 valence electrons. The molecule has 1 saturated heterocycles. The molecule has 1 fully saturated rings. The first-order valence-electron chi connectivity index (χ1n) is 6.02. The molecule has 1 aromatic carbocycles. The van der Waals surface area contributed by atoms with Crippen molar-refractivity contribution in [1.29, 1.82) is 0 Å². The Morgan fingerprint density at radius 2 is 1.95 bits per heavy atom. The first kappa shape index (κ1) is 14.0. The molecule has 20 heavy (non-hydrogen) atoms. The Morgan fingerprint density at radius 1 is 1.30 bits per heavy atom. The van der Waals surface area contributed by atoms with Crippen molar-refractivity contribution in [2.24, 2.45) is 5.92 Å². The van der Waals surface area contributed by atoms with Gasteiger partial charge in [0.05, 0.1) is 18.0 Å². The molecule has 6 nitrogen and oxygen atoms in total. The van der Waals surface area contributed by atoms with Crippen LogP contribution in [0.5, 0.6) is 0 Å². The van der Waals surface area contributed by atoms with E-state index in [0.29, 0.717) is 0 Å². The van der Waals surface area contributed by atoms with Crippen molar-refractivity contribution in [2.45, 2.75) is 0 Å². The Hall–Kier alpha value is -2.44. The van der Waals surface area contributed by atoms with Crippen LogP contribution in [0.15, 0.2) is 24.3 Å². The van der Waals surface area contributed by atoms with Crippen molar-refractivity contribution < 1.29 is 23.9 Å². The van der Waals surface area contributed by atoms with Crippen LogP contribution in [-0.4, -0.2) is 47.4 Å². The molecule has 0 atom stereocenters. The smallest absolute Gasteiger partial charge is 0.310 e. The fourth-order valence-electron chi connectivity index (χ4n) is 1.85. The molecule has 1 heterocycles. The summed E-state index contributed by atoms with van der Waals surface area (Å²) >= 11 is 0. The molecular weight excluding hydrogens is 267 g/mol. The molecule has 0 unspecified atom stereocenters. The number of aliphatic carboxylic acids is 1. The van der Waals surface area contributed by atoms with Crippen LogP contribution in [0.1, 0.15) is 10.4 Å². The summed E-state index contributed by atoms with van der Waals surface area (Å²) in [6, 6.07) is 5.46. The van der Waals surface area contributed by atoms with Crippen LogP contribution in [-0.2, 0) is 9.59 Å². The fourth-order valence-corrected chi connectivity index (χ4v) is 1.85. The first-order valence-corrected chi connectivity index (χ1v) is 6.02. The number of benzene rings is 1. The summed E-state index contributed by atoms with van der Waals surface area (Å²) in [5.74, 6) is -3.20. The number of nitrogens with one attached hydrogen (secondary N) is 1. The molecule has 0 radical (unpaired) electrons. The minimum Gasteiger partial charge on any atom is -0.481 e. The minimum atomic E-state index is -0.940. The Morgan fingerprint density at radius 3 is 2.55 bits per heavy atom. The molecule has 7 heteroatoms.